The van der Waals surface area contributed by atoms with Gasteiger partial charge in [-0.05, 0) is 49.9 Å². The second-order valence-electron chi connectivity index (χ2n) is 6.30. The maximum Gasteiger partial charge on any atom is 0.179 e. The molecule has 22 heavy (non-hydrogen) atoms. The fourth-order valence-electron chi connectivity index (χ4n) is 3.18. The molecule has 1 aromatic rings. The van der Waals surface area contributed by atoms with Crippen LogP contribution in [0.5, 0.6) is 11.5 Å². The molecule has 1 aromatic carbocycles. The van der Waals surface area contributed by atoms with Crippen LogP contribution in [0.1, 0.15) is 25.3 Å². The summed E-state index contributed by atoms with van der Waals surface area (Å²) < 4.78 is 11.4. The van der Waals surface area contributed by atoms with Gasteiger partial charge in [-0.1, -0.05) is 11.6 Å². The quantitative estimate of drug-likeness (QED) is 0.924. The maximum atomic E-state index is 9.68. The Kier molecular flexibility index (Phi) is 5.11. The van der Waals surface area contributed by atoms with Crippen molar-refractivity contribution < 1.29 is 14.6 Å². The molecule has 5 heteroatoms. The number of hydrogen-bond acceptors (Lipinski definition) is 4. The van der Waals surface area contributed by atoms with Gasteiger partial charge in [0.05, 0.1) is 24.3 Å². The zero-order valence-electron chi connectivity index (χ0n) is 13.1. The average Bonchev–Trinajstić information content (AvgIpc) is 2.84. The van der Waals surface area contributed by atoms with Crippen LogP contribution in [0.2, 0.25) is 5.02 Å². The third-order valence-electron chi connectivity index (χ3n) is 4.57. The molecule has 0 aromatic heterocycles. The molecule has 0 spiro atoms. The van der Waals surface area contributed by atoms with E-state index in [2.05, 4.69) is 11.0 Å². The average molecular weight is 326 g/mol. The molecule has 2 aliphatic heterocycles. The van der Waals surface area contributed by atoms with Gasteiger partial charge in [0.2, 0.25) is 0 Å². The van der Waals surface area contributed by atoms with Gasteiger partial charge in [0.25, 0.3) is 0 Å². The van der Waals surface area contributed by atoms with Crippen LogP contribution in [0.3, 0.4) is 0 Å². The smallest absolute Gasteiger partial charge is 0.179 e. The highest BCUT2D eigenvalue weighted by Gasteiger charge is 2.25. The summed E-state index contributed by atoms with van der Waals surface area (Å²) in [6.45, 7) is 6.25. The molecule has 0 radical (unpaired) electrons. The Labute approximate surface area is 137 Å². The highest BCUT2D eigenvalue weighted by Crippen LogP contribution is 2.38. The molecule has 0 aliphatic carbocycles. The van der Waals surface area contributed by atoms with Crippen LogP contribution < -0.4 is 9.47 Å². The van der Waals surface area contributed by atoms with Crippen molar-refractivity contribution in [2.75, 3.05) is 32.8 Å². The molecule has 0 bridgehead atoms. The summed E-state index contributed by atoms with van der Waals surface area (Å²) in [5.74, 6) is 1.86. The van der Waals surface area contributed by atoms with Crippen LogP contribution in [0.15, 0.2) is 12.1 Å². The molecule has 2 aliphatic rings. The third kappa shape index (κ3) is 3.67. The van der Waals surface area contributed by atoms with E-state index in [1.807, 2.05) is 13.0 Å². The van der Waals surface area contributed by atoms with Gasteiger partial charge < -0.3 is 19.5 Å². The third-order valence-corrected chi connectivity index (χ3v) is 4.85. The number of aliphatic hydroxyl groups excluding tert-OH is 1. The Morgan fingerprint density at radius 2 is 2.18 bits per heavy atom. The molecular weight excluding hydrogens is 302 g/mol. The first kappa shape index (κ1) is 15.9. The molecule has 0 saturated carbocycles. The Morgan fingerprint density at radius 1 is 1.36 bits per heavy atom. The van der Waals surface area contributed by atoms with Crippen molar-refractivity contribution in [3.8, 4) is 11.5 Å². The predicted molar refractivity (Wildman–Crippen MR) is 87.0 cm³/mol. The second kappa shape index (κ2) is 7.07. The second-order valence-corrected chi connectivity index (χ2v) is 6.70. The SMILES string of the molecule is CC(O)C1CCN(CCc2cc(Cl)c3c(c2)OCCCO3)C1. The van der Waals surface area contributed by atoms with E-state index in [-0.39, 0.29) is 6.10 Å². The Morgan fingerprint density at radius 3 is 2.95 bits per heavy atom. The summed E-state index contributed by atoms with van der Waals surface area (Å²) in [5, 5.41) is 10.3. The Bertz CT molecular complexity index is 521. The lowest BCUT2D eigenvalue weighted by Crippen LogP contribution is -2.26. The van der Waals surface area contributed by atoms with E-state index >= 15 is 0 Å². The molecular formula is C17H24ClNO3. The Balaban J connectivity index is 1.61. The first-order valence-corrected chi connectivity index (χ1v) is 8.49. The van der Waals surface area contributed by atoms with E-state index in [9.17, 15) is 5.11 Å². The van der Waals surface area contributed by atoms with E-state index in [0.717, 1.165) is 44.6 Å². The summed E-state index contributed by atoms with van der Waals surface area (Å²) in [4.78, 5) is 2.41. The van der Waals surface area contributed by atoms with Gasteiger partial charge in [-0.3, -0.25) is 0 Å². The normalized spacial score (nSPS) is 23.3. The number of rotatable bonds is 4. The summed E-state index contributed by atoms with van der Waals surface area (Å²) in [6, 6.07) is 4.03. The molecule has 2 unspecified atom stereocenters. The molecule has 122 valence electrons. The van der Waals surface area contributed by atoms with Gasteiger partial charge in [0, 0.05) is 19.5 Å². The van der Waals surface area contributed by atoms with Crippen LogP contribution in [-0.4, -0.2) is 49.0 Å². The van der Waals surface area contributed by atoms with Gasteiger partial charge in [-0.15, -0.1) is 0 Å². The molecule has 2 heterocycles. The van der Waals surface area contributed by atoms with Crippen molar-refractivity contribution in [1.82, 2.24) is 4.90 Å². The number of fused-ring (bicyclic) bond motifs is 1. The number of likely N-dealkylation sites (tertiary alicyclic amines) is 1. The summed E-state index contributed by atoms with van der Waals surface area (Å²) in [5.41, 5.74) is 1.18. The zero-order chi connectivity index (χ0) is 15.5. The van der Waals surface area contributed by atoms with Crippen molar-refractivity contribution in [3.05, 3.63) is 22.7 Å². The fraction of sp³-hybridized carbons (Fsp3) is 0.647. The van der Waals surface area contributed by atoms with Gasteiger partial charge in [0.1, 0.15) is 0 Å². The molecule has 1 fully saturated rings. The maximum absolute atomic E-state index is 9.68. The lowest BCUT2D eigenvalue weighted by atomic mass is 10.0. The Hall–Kier alpha value is -0.970. The molecule has 1 saturated heterocycles. The molecule has 4 nitrogen and oxygen atoms in total. The number of aliphatic hydroxyl groups is 1. The fourth-order valence-corrected chi connectivity index (χ4v) is 3.46. The topological polar surface area (TPSA) is 41.9 Å². The van der Waals surface area contributed by atoms with Crippen LogP contribution in [-0.2, 0) is 6.42 Å². The molecule has 3 rings (SSSR count). The van der Waals surface area contributed by atoms with Gasteiger partial charge in [-0.2, -0.15) is 0 Å². The van der Waals surface area contributed by atoms with Gasteiger partial charge in [-0.25, -0.2) is 0 Å². The number of nitrogens with zero attached hydrogens (tertiary/aromatic N) is 1. The van der Waals surface area contributed by atoms with Crippen LogP contribution in [0.25, 0.3) is 0 Å². The minimum atomic E-state index is -0.211. The highest BCUT2D eigenvalue weighted by atomic mass is 35.5. The monoisotopic (exact) mass is 325 g/mol. The number of benzene rings is 1. The lowest BCUT2D eigenvalue weighted by Gasteiger charge is -2.18. The van der Waals surface area contributed by atoms with Crippen molar-refractivity contribution in [1.29, 1.82) is 0 Å². The summed E-state index contributed by atoms with van der Waals surface area (Å²) in [7, 11) is 0. The first-order chi connectivity index (χ1) is 10.6. The molecule has 1 N–H and O–H groups in total. The lowest BCUT2D eigenvalue weighted by molar-refractivity contribution is 0.128. The van der Waals surface area contributed by atoms with E-state index in [0.29, 0.717) is 29.9 Å². The summed E-state index contributed by atoms with van der Waals surface area (Å²) in [6.07, 6.45) is 2.69. The van der Waals surface area contributed by atoms with Gasteiger partial charge in [0.15, 0.2) is 11.5 Å². The van der Waals surface area contributed by atoms with Crippen molar-refractivity contribution in [2.45, 2.75) is 32.3 Å². The first-order valence-electron chi connectivity index (χ1n) is 8.12. The van der Waals surface area contributed by atoms with Gasteiger partial charge >= 0.3 is 0 Å². The predicted octanol–water partition coefficient (Wildman–Crippen LogP) is 2.75. The van der Waals surface area contributed by atoms with E-state index in [1.54, 1.807) is 0 Å². The van der Waals surface area contributed by atoms with E-state index in [4.69, 9.17) is 21.1 Å². The molecule has 0 amide bonds. The minimum absolute atomic E-state index is 0.211. The van der Waals surface area contributed by atoms with Crippen LogP contribution in [0, 0.1) is 5.92 Å². The number of halogens is 1. The highest BCUT2D eigenvalue weighted by molar-refractivity contribution is 6.32. The largest absolute Gasteiger partial charge is 0.489 e. The standard InChI is InChI=1S/C17H24ClNO3/c1-12(20)14-4-6-19(11-14)5-3-13-9-15(18)17-16(10-13)21-7-2-8-22-17/h9-10,12,14,20H,2-8,11H2,1H3. The van der Waals surface area contributed by atoms with Crippen LogP contribution >= 0.6 is 11.6 Å². The van der Waals surface area contributed by atoms with Crippen LogP contribution in [0.4, 0.5) is 0 Å². The van der Waals surface area contributed by atoms with Crippen molar-refractivity contribution >= 4 is 11.6 Å². The number of ether oxygens (including phenoxy) is 2. The van der Waals surface area contributed by atoms with Crippen molar-refractivity contribution in [2.24, 2.45) is 5.92 Å². The van der Waals surface area contributed by atoms with E-state index in [1.165, 1.54) is 5.56 Å². The zero-order valence-corrected chi connectivity index (χ0v) is 13.8. The summed E-state index contributed by atoms with van der Waals surface area (Å²) >= 11 is 6.33. The van der Waals surface area contributed by atoms with Crippen molar-refractivity contribution in [3.63, 3.8) is 0 Å². The number of hydrogen-bond donors (Lipinski definition) is 1. The minimum Gasteiger partial charge on any atom is -0.489 e. The molecule has 2 atom stereocenters. The van der Waals surface area contributed by atoms with E-state index < -0.39 is 0 Å².